The lowest BCUT2D eigenvalue weighted by molar-refractivity contribution is -0.151. The third-order valence-electron chi connectivity index (χ3n) is 9.30. The van der Waals surface area contributed by atoms with Crippen molar-refractivity contribution < 1.29 is 18.3 Å². The number of benzene rings is 2. The summed E-state index contributed by atoms with van der Waals surface area (Å²) in [6, 6.07) is 21.8. The molecule has 1 aliphatic rings. The lowest BCUT2D eigenvalue weighted by Crippen LogP contribution is -2.67. The first-order valence-corrected chi connectivity index (χ1v) is 22.3. The number of hydrogen-bond acceptors (Lipinski definition) is 4. The Morgan fingerprint density at radius 2 is 1.33 bits per heavy atom. The molecule has 0 spiro atoms. The summed E-state index contributed by atoms with van der Waals surface area (Å²) < 4.78 is 28.5. The topological polar surface area (TPSA) is 36.9 Å². The van der Waals surface area contributed by atoms with E-state index in [0.29, 0.717) is 0 Å². The summed E-state index contributed by atoms with van der Waals surface area (Å²) in [5.41, 5.74) is 0. The largest absolute Gasteiger partial charge is 0.408 e. The molecular weight excluding hydrogens is 679 g/mol. The molecule has 0 radical (unpaired) electrons. The second-order valence-electron chi connectivity index (χ2n) is 15.2. The molecule has 7 heteroatoms. The van der Waals surface area contributed by atoms with Crippen LogP contribution in [0, 0.1) is 5.92 Å². The van der Waals surface area contributed by atoms with Crippen LogP contribution in [0.1, 0.15) is 75.7 Å². The molecule has 5 atom stereocenters. The van der Waals surface area contributed by atoms with Crippen molar-refractivity contribution >= 4 is 49.6 Å². The van der Waals surface area contributed by atoms with Crippen molar-refractivity contribution in [3.63, 3.8) is 0 Å². The summed E-state index contributed by atoms with van der Waals surface area (Å²) in [6.07, 6.45) is 5.12. The zero-order valence-corrected chi connectivity index (χ0v) is 32.9. The number of hydrogen-bond donors (Lipinski definition) is 0. The number of rotatable bonds is 12. The van der Waals surface area contributed by atoms with E-state index >= 15 is 0 Å². The molecule has 1 aliphatic heterocycles. The monoisotopic (exact) mass is 736 g/mol. The van der Waals surface area contributed by atoms with Gasteiger partial charge in [-0.2, -0.15) is 0 Å². The van der Waals surface area contributed by atoms with Crippen LogP contribution >= 0.6 is 22.6 Å². The quantitative estimate of drug-likeness (QED) is 0.0945. The van der Waals surface area contributed by atoms with E-state index in [-0.39, 0.29) is 40.4 Å². The van der Waals surface area contributed by atoms with Crippen molar-refractivity contribution in [1.82, 2.24) is 0 Å². The van der Waals surface area contributed by atoms with Gasteiger partial charge in [0, 0.05) is 10.5 Å². The first kappa shape index (κ1) is 36.6. The standard InChI is InChI=1S/C36H57IO4Si2/c1-27(23-24-32(41-42(11,12)34(3,4)5)33-31(25-26-37)38-36(9,10)39-33)28(2)40-43(35(6,7)8,29-19-15-13-16-20-29)30-21-17-14-18-22-30/h13-24,27-28,31-33H,25-26H2,1-12H3/t27-,28?,31+,32?,33+/m1/s1. The maximum Gasteiger partial charge on any atom is 0.261 e. The van der Waals surface area contributed by atoms with Crippen LogP contribution in [0.2, 0.25) is 23.2 Å². The molecule has 43 heavy (non-hydrogen) atoms. The van der Waals surface area contributed by atoms with E-state index in [1.165, 1.54) is 10.4 Å². The highest BCUT2D eigenvalue weighted by Crippen LogP contribution is 2.41. The molecule has 1 heterocycles. The van der Waals surface area contributed by atoms with Crippen LogP contribution in [0.5, 0.6) is 0 Å². The van der Waals surface area contributed by atoms with E-state index in [0.717, 1.165) is 10.8 Å². The first-order valence-electron chi connectivity index (χ1n) is 15.9. The van der Waals surface area contributed by atoms with Crippen LogP contribution < -0.4 is 10.4 Å². The normalized spacial score (nSPS) is 22.1. The van der Waals surface area contributed by atoms with Gasteiger partial charge in [-0.1, -0.05) is 144 Å². The summed E-state index contributed by atoms with van der Waals surface area (Å²) >= 11 is 2.43. The van der Waals surface area contributed by atoms with Crippen LogP contribution in [0.15, 0.2) is 72.8 Å². The zero-order valence-electron chi connectivity index (χ0n) is 28.7. The van der Waals surface area contributed by atoms with Crippen LogP contribution in [0.3, 0.4) is 0 Å². The van der Waals surface area contributed by atoms with E-state index in [4.69, 9.17) is 18.3 Å². The van der Waals surface area contributed by atoms with Gasteiger partial charge in [-0.05, 0) is 66.7 Å². The Bertz CT molecular complexity index is 1130. The minimum Gasteiger partial charge on any atom is -0.408 e. The first-order chi connectivity index (χ1) is 19.8. The predicted molar refractivity (Wildman–Crippen MR) is 196 cm³/mol. The molecule has 3 rings (SSSR count). The van der Waals surface area contributed by atoms with Crippen LogP contribution in [-0.2, 0) is 18.3 Å². The average molecular weight is 737 g/mol. The Balaban J connectivity index is 1.99. The predicted octanol–water partition coefficient (Wildman–Crippen LogP) is 8.88. The minimum atomic E-state index is -2.66. The van der Waals surface area contributed by atoms with Crippen LogP contribution in [-0.4, -0.2) is 51.3 Å². The van der Waals surface area contributed by atoms with E-state index in [9.17, 15) is 0 Å². The molecule has 0 bridgehead atoms. The molecule has 2 aromatic carbocycles. The second-order valence-corrected chi connectivity index (χ2v) is 25.3. The molecule has 0 amide bonds. The number of halogens is 1. The van der Waals surface area contributed by atoms with Crippen LogP contribution in [0.25, 0.3) is 0 Å². The van der Waals surface area contributed by atoms with Gasteiger partial charge in [0.1, 0.15) is 6.10 Å². The SMILES string of the molecule is CC(O[Si](c1ccccc1)(c1ccccc1)C(C)(C)C)[C@H](C)C=CC(O[Si](C)(C)C(C)(C)C)[C@H]1OC(C)(C)O[C@H]1CCI. The van der Waals surface area contributed by atoms with Gasteiger partial charge in [0.15, 0.2) is 14.1 Å². The molecule has 0 saturated carbocycles. The molecular formula is C36H57IO4Si2. The molecule has 1 saturated heterocycles. The summed E-state index contributed by atoms with van der Waals surface area (Å²) in [7, 11) is -4.76. The molecule has 0 aromatic heterocycles. The highest BCUT2D eigenvalue weighted by molar-refractivity contribution is 14.1. The van der Waals surface area contributed by atoms with Crippen molar-refractivity contribution in [3.8, 4) is 0 Å². The molecule has 0 aliphatic carbocycles. The highest BCUT2D eigenvalue weighted by atomic mass is 127. The van der Waals surface area contributed by atoms with E-state index in [1.54, 1.807) is 0 Å². The third-order valence-corrected chi connectivity index (χ3v) is 19.5. The Hall–Kier alpha value is -0.816. The van der Waals surface area contributed by atoms with Crippen molar-refractivity contribution in [2.75, 3.05) is 4.43 Å². The fourth-order valence-corrected chi connectivity index (χ4v) is 12.4. The molecule has 1 fully saturated rings. The summed E-state index contributed by atoms with van der Waals surface area (Å²) in [5.74, 6) is -0.472. The van der Waals surface area contributed by atoms with Gasteiger partial charge in [-0.3, -0.25) is 0 Å². The average Bonchev–Trinajstić information content (AvgIpc) is 3.22. The van der Waals surface area contributed by atoms with Gasteiger partial charge in [0.05, 0.1) is 12.2 Å². The van der Waals surface area contributed by atoms with Gasteiger partial charge in [-0.25, -0.2) is 0 Å². The van der Waals surface area contributed by atoms with E-state index < -0.39 is 22.4 Å². The maximum atomic E-state index is 7.44. The molecule has 2 unspecified atom stereocenters. The summed E-state index contributed by atoms with van der Waals surface area (Å²) in [5, 5.41) is 2.61. The molecule has 2 aromatic rings. The Morgan fingerprint density at radius 1 is 0.814 bits per heavy atom. The van der Waals surface area contributed by atoms with E-state index in [1.807, 2.05) is 13.8 Å². The highest BCUT2D eigenvalue weighted by Gasteiger charge is 2.52. The Labute approximate surface area is 278 Å². The van der Waals surface area contributed by atoms with Gasteiger partial charge in [-0.15, -0.1) is 0 Å². The van der Waals surface area contributed by atoms with Gasteiger partial charge >= 0.3 is 0 Å². The van der Waals surface area contributed by atoms with Crippen molar-refractivity contribution in [2.24, 2.45) is 5.92 Å². The van der Waals surface area contributed by atoms with Gasteiger partial charge < -0.3 is 18.3 Å². The minimum absolute atomic E-state index is 0.00703. The zero-order chi connectivity index (χ0) is 32.3. The van der Waals surface area contributed by atoms with E-state index in [2.05, 4.69) is 164 Å². The third kappa shape index (κ3) is 8.71. The smallest absolute Gasteiger partial charge is 0.261 e. The fraction of sp³-hybridized carbons (Fsp3) is 0.611. The Kier molecular flexibility index (Phi) is 12.2. The second kappa shape index (κ2) is 14.3. The molecule has 240 valence electrons. The fourth-order valence-electron chi connectivity index (χ4n) is 5.72. The van der Waals surface area contributed by atoms with Crippen LogP contribution in [0.4, 0.5) is 0 Å². The summed E-state index contributed by atoms with van der Waals surface area (Å²) in [4.78, 5) is 0. The van der Waals surface area contributed by atoms with Crippen molar-refractivity contribution in [3.05, 3.63) is 72.8 Å². The number of alkyl halides is 1. The van der Waals surface area contributed by atoms with Crippen molar-refractivity contribution in [1.29, 1.82) is 0 Å². The lowest BCUT2D eigenvalue weighted by Gasteiger charge is -2.45. The molecule has 0 N–H and O–H groups in total. The van der Waals surface area contributed by atoms with Gasteiger partial charge in [0.2, 0.25) is 0 Å². The van der Waals surface area contributed by atoms with Crippen molar-refractivity contribution in [2.45, 2.75) is 129 Å². The van der Waals surface area contributed by atoms with Gasteiger partial charge in [0.25, 0.3) is 8.32 Å². The molecule has 4 nitrogen and oxygen atoms in total. The maximum absolute atomic E-state index is 7.44. The summed E-state index contributed by atoms with van der Waals surface area (Å²) in [6.45, 7) is 27.1. The Morgan fingerprint density at radius 3 is 1.77 bits per heavy atom. The number of ether oxygens (including phenoxy) is 2. The lowest BCUT2D eigenvalue weighted by atomic mass is 10.0.